The number of ether oxygens (including phenoxy) is 4. The predicted molar refractivity (Wildman–Crippen MR) is 100 cm³/mol. The van der Waals surface area contributed by atoms with E-state index in [0.29, 0.717) is 23.5 Å². The zero-order chi connectivity index (χ0) is 21.5. The van der Waals surface area contributed by atoms with Crippen molar-refractivity contribution in [3.63, 3.8) is 0 Å². The summed E-state index contributed by atoms with van der Waals surface area (Å²) < 4.78 is 61.8. The van der Waals surface area contributed by atoms with Crippen LogP contribution in [0.1, 0.15) is 12.1 Å². The number of aliphatic hydroxyl groups is 1. The number of thioether (sulfide) groups is 1. The SMILES string of the molecule is COc1ccc(-c2cc(C(F)(F)F)nc(SC3CC(O)C4OCC3O4)n2)cc1OC. The van der Waals surface area contributed by atoms with Crippen LogP contribution in [0.15, 0.2) is 29.4 Å². The number of alkyl halides is 3. The lowest BCUT2D eigenvalue weighted by atomic mass is 10.1. The van der Waals surface area contributed by atoms with Crippen molar-refractivity contribution in [3.8, 4) is 22.8 Å². The Kier molecular flexibility index (Phi) is 5.80. The van der Waals surface area contributed by atoms with Crippen LogP contribution in [-0.2, 0) is 15.7 Å². The summed E-state index contributed by atoms with van der Waals surface area (Å²) >= 11 is 1.04. The normalized spacial score (nSPS) is 25.9. The van der Waals surface area contributed by atoms with Crippen LogP contribution < -0.4 is 9.47 Å². The maximum absolute atomic E-state index is 13.5. The van der Waals surface area contributed by atoms with Crippen molar-refractivity contribution in [3.05, 3.63) is 30.0 Å². The molecular formula is C19H19F3N2O5S. The number of aromatic nitrogens is 2. The first kappa shape index (κ1) is 21.2. The number of aliphatic hydroxyl groups excluding tert-OH is 1. The molecule has 1 N–H and O–H groups in total. The minimum absolute atomic E-state index is 0.0549. The first-order chi connectivity index (χ1) is 14.3. The minimum atomic E-state index is -4.65. The van der Waals surface area contributed by atoms with Gasteiger partial charge in [0.2, 0.25) is 0 Å². The fourth-order valence-electron chi connectivity index (χ4n) is 3.36. The summed E-state index contributed by atoms with van der Waals surface area (Å²) in [7, 11) is 2.91. The Morgan fingerprint density at radius 1 is 1.13 bits per heavy atom. The topological polar surface area (TPSA) is 82.9 Å². The fraction of sp³-hybridized carbons (Fsp3) is 0.474. The lowest BCUT2D eigenvalue weighted by molar-refractivity contribution is -0.150. The lowest BCUT2D eigenvalue weighted by Crippen LogP contribution is -2.40. The summed E-state index contributed by atoms with van der Waals surface area (Å²) in [5.74, 6) is 0.819. The summed E-state index contributed by atoms with van der Waals surface area (Å²) in [6, 6.07) is 5.64. The van der Waals surface area contributed by atoms with E-state index in [2.05, 4.69) is 9.97 Å². The Balaban J connectivity index is 1.70. The van der Waals surface area contributed by atoms with Gasteiger partial charge in [-0.1, -0.05) is 11.8 Å². The Morgan fingerprint density at radius 3 is 2.60 bits per heavy atom. The maximum Gasteiger partial charge on any atom is 0.433 e. The van der Waals surface area contributed by atoms with Crippen molar-refractivity contribution >= 4 is 11.8 Å². The molecule has 4 unspecified atom stereocenters. The molecule has 11 heteroatoms. The number of nitrogens with zero attached hydrogens (tertiary/aromatic N) is 2. The quantitative estimate of drug-likeness (QED) is 0.705. The zero-order valence-electron chi connectivity index (χ0n) is 16.0. The van der Waals surface area contributed by atoms with Gasteiger partial charge in [-0.2, -0.15) is 13.2 Å². The number of methoxy groups -OCH3 is 2. The molecule has 0 amide bonds. The fourth-order valence-corrected chi connectivity index (χ4v) is 4.52. The Morgan fingerprint density at radius 2 is 1.90 bits per heavy atom. The molecule has 30 heavy (non-hydrogen) atoms. The second kappa shape index (κ2) is 8.22. The van der Waals surface area contributed by atoms with E-state index >= 15 is 0 Å². The highest BCUT2D eigenvalue weighted by Crippen LogP contribution is 2.40. The summed E-state index contributed by atoms with van der Waals surface area (Å²) in [6.07, 6.45) is -6.21. The number of fused-ring (bicyclic) bond motifs is 2. The molecule has 0 saturated carbocycles. The first-order valence-electron chi connectivity index (χ1n) is 9.09. The van der Waals surface area contributed by atoms with Gasteiger partial charge in [0.05, 0.1) is 32.6 Å². The van der Waals surface area contributed by atoms with E-state index < -0.39 is 24.3 Å². The van der Waals surface area contributed by atoms with Crippen molar-refractivity contribution in [2.45, 2.75) is 41.5 Å². The third kappa shape index (κ3) is 4.20. The Hall–Kier alpha value is -2.08. The molecule has 2 aliphatic rings. The minimum Gasteiger partial charge on any atom is -0.493 e. The Labute approximate surface area is 174 Å². The van der Waals surface area contributed by atoms with E-state index in [9.17, 15) is 18.3 Å². The van der Waals surface area contributed by atoms with Gasteiger partial charge in [0.25, 0.3) is 0 Å². The van der Waals surface area contributed by atoms with Gasteiger partial charge >= 0.3 is 6.18 Å². The average Bonchev–Trinajstić information content (AvgIpc) is 3.17. The molecule has 0 radical (unpaired) electrons. The molecule has 2 aromatic rings. The van der Waals surface area contributed by atoms with Gasteiger partial charge in [-0.3, -0.25) is 0 Å². The molecule has 3 heterocycles. The van der Waals surface area contributed by atoms with Gasteiger partial charge in [-0.05, 0) is 30.7 Å². The van der Waals surface area contributed by atoms with Crippen molar-refractivity contribution in [1.82, 2.24) is 9.97 Å². The van der Waals surface area contributed by atoms with E-state index in [1.54, 1.807) is 18.2 Å². The second-order valence-electron chi connectivity index (χ2n) is 6.82. The average molecular weight is 444 g/mol. The van der Waals surface area contributed by atoms with E-state index in [0.717, 1.165) is 17.8 Å². The number of halogens is 3. The van der Waals surface area contributed by atoms with Crippen LogP contribution in [0.2, 0.25) is 0 Å². The van der Waals surface area contributed by atoms with Gasteiger partial charge < -0.3 is 24.1 Å². The highest BCUT2D eigenvalue weighted by Gasteiger charge is 2.44. The summed E-state index contributed by atoms with van der Waals surface area (Å²) in [4.78, 5) is 8.03. The molecule has 2 aliphatic heterocycles. The van der Waals surface area contributed by atoms with Crippen LogP contribution in [-0.4, -0.2) is 59.6 Å². The molecule has 0 spiro atoms. The molecular weight excluding hydrogens is 425 g/mol. The number of rotatable bonds is 5. The van der Waals surface area contributed by atoms with Crippen molar-refractivity contribution < 1.29 is 37.2 Å². The maximum atomic E-state index is 13.5. The molecule has 2 fully saturated rings. The zero-order valence-corrected chi connectivity index (χ0v) is 16.9. The summed E-state index contributed by atoms with van der Waals surface area (Å²) in [5.41, 5.74) is -0.534. The second-order valence-corrected chi connectivity index (χ2v) is 8.03. The highest BCUT2D eigenvalue weighted by atomic mass is 32.2. The third-order valence-corrected chi connectivity index (χ3v) is 6.06. The molecule has 162 valence electrons. The van der Waals surface area contributed by atoms with Gasteiger partial charge in [0, 0.05) is 10.8 Å². The number of hydrogen-bond acceptors (Lipinski definition) is 8. The molecule has 2 saturated heterocycles. The standard InChI is InChI=1S/C19H19F3N2O5S/c1-26-12-4-3-9(5-13(12)27-2)10-6-16(19(20,21)22)24-18(23-10)30-15-7-11(25)17-28-8-14(15)29-17/h3-6,11,14-15,17,25H,7-8H2,1-2H3. The Bertz CT molecular complexity index is 930. The highest BCUT2D eigenvalue weighted by molar-refractivity contribution is 7.99. The van der Waals surface area contributed by atoms with Gasteiger partial charge in [-0.25, -0.2) is 9.97 Å². The number of hydrogen-bond donors (Lipinski definition) is 1. The predicted octanol–water partition coefficient (Wildman–Crippen LogP) is 3.15. The van der Waals surface area contributed by atoms with Crippen LogP contribution in [0.3, 0.4) is 0 Å². The first-order valence-corrected chi connectivity index (χ1v) is 9.97. The van der Waals surface area contributed by atoms with Gasteiger partial charge in [0.15, 0.2) is 22.9 Å². The van der Waals surface area contributed by atoms with Crippen LogP contribution in [0, 0.1) is 0 Å². The van der Waals surface area contributed by atoms with Crippen LogP contribution in [0.4, 0.5) is 13.2 Å². The molecule has 4 rings (SSSR count). The third-order valence-electron chi connectivity index (χ3n) is 4.87. The molecule has 0 aliphatic carbocycles. The monoisotopic (exact) mass is 444 g/mol. The smallest absolute Gasteiger partial charge is 0.433 e. The van der Waals surface area contributed by atoms with Crippen molar-refractivity contribution in [1.29, 1.82) is 0 Å². The van der Waals surface area contributed by atoms with E-state index in [1.165, 1.54) is 14.2 Å². The van der Waals surface area contributed by atoms with E-state index in [-0.39, 0.29) is 28.8 Å². The lowest BCUT2D eigenvalue weighted by Gasteiger charge is -2.30. The van der Waals surface area contributed by atoms with Crippen LogP contribution >= 0.6 is 11.8 Å². The van der Waals surface area contributed by atoms with E-state index in [1.807, 2.05) is 0 Å². The molecule has 1 aromatic carbocycles. The molecule has 2 bridgehead atoms. The van der Waals surface area contributed by atoms with Gasteiger partial charge in [0.1, 0.15) is 11.8 Å². The van der Waals surface area contributed by atoms with Crippen molar-refractivity contribution in [2.24, 2.45) is 0 Å². The van der Waals surface area contributed by atoms with Crippen molar-refractivity contribution in [2.75, 3.05) is 20.8 Å². The van der Waals surface area contributed by atoms with Crippen LogP contribution in [0.5, 0.6) is 11.5 Å². The number of benzene rings is 1. The van der Waals surface area contributed by atoms with E-state index in [4.69, 9.17) is 18.9 Å². The largest absolute Gasteiger partial charge is 0.493 e. The summed E-state index contributed by atoms with van der Waals surface area (Å²) in [5, 5.41) is 9.67. The molecule has 4 atom stereocenters. The van der Waals surface area contributed by atoms with Crippen LogP contribution in [0.25, 0.3) is 11.3 Å². The molecule has 7 nitrogen and oxygen atoms in total. The van der Waals surface area contributed by atoms with Gasteiger partial charge in [-0.15, -0.1) is 0 Å². The summed E-state index contributed by atoms with van der Waals surface area (Å²) in [6.45, 7) is 0.265. The molecule has 1 aromatic heterocycles.